The van der Waals surface area contributed by atoms with Gasteiger partial charge < -0.3 is 5.11 Å². The fraction of sp³-hybridized carbons (Fsp3) is 0.667. The van der Waals surface area contributed by atoms with Crippen molar-refractivity contribution in [3.8, 4) is 0 Å². The van der Waals surface area contributed by atoms with E-state index in [1.807, 2.05) is 20.0 Å². The minimum Gasteiger partial charge on any atom is -0.480 e. The van der Waals surface area contributed by atoms with Crippen molar-refractivity contribution >= 4 is 17.3 Å². The number of nitrogens with one attached hydrogen (secondary N) is 1. The molecular formula is C12H20N2O2S. The molecule has 1 aromatic heterocycles. The Morgan fingerprint density at radius 2 is 2.29 bits per heavy atom. The Morgan fingerprint density at radius 3 is 2.76 bits per heavy atom. The largest absolute Gasteiger partial charge is 0.480 e. The smallest absolute Gasteiger partial charge is 0.320 e. The molecule has 0 bridgehead atoms. The van der Waals surface area contributed by atoms with Crippen LogP contribution in [0.15, 0.2) is 6.20 Å². The van der Waals surface area contributed by atoms with Gasteiger partial charge in [-0.2, -0.15) is 0 Å². The molecule has 4 nitrogen and oxygen atoms in total. The van der Waals surface area contributed by atoms with Crippen molar-refractivity contribution in [3.05, 3.63) is 16.1 Å². The molecule has 0 aliphatic rings. The zero-order valence-electron chi connectivity index (χ0n) is 10.6. The van der Waals surface area contributed by atoms with E-state index in [4.69, 9.17) is 5.11 Å². The van der Waals surface area contributed by atoms with Crippen molar-refractivity contribution in [2.24, 2.45) is 5.92 Å². The molecular weight excluding hydrogens is 236 g/mol. The number of hydrogen-bond donors (Lipinski definition) is 2. The number of hydrogen-bond acceptors (Lipinski definition) is 4. The Labute approximate surface area is 106 Å². The molecule has 17 heavy (non-hydrogen) atoms. The molecule has 0 saturated heterocycles. The lowest BCUT2D eigenvalue weighted by atomic mass is 10.0. The topological polar surface area (TPSA) is 62.2 Å². The number of aryl methyl sites for hydroxylation is 1. The van der Waals surface area contributed by atoms with Crippen LogP contribution < -0.4 is 5.32 Å². The van der Waals surface area contributed by atoms with Gasteiger partial charge in [0.25, 0.3) is 0 Å². The first-order chi connectivity index (χ1) is 8.02. The first-order valence-electron chi connectivity index (χ1n) is 5.92. The summed E-state index contributed by atoms with van der Waals surface area (Å²) in [5, 5.41) is 13.2. The van der Waals surface area contributed by atoms with Gasteiger partial charge in [0.05, 0.1) is 5.01 Å². The molecule has 1 atom stereocenters. The zero-order valence-corrected chi connectivity index (χ0v) is 11.4. The number of carbonyl (C=O) groups is 1. The van der Waals surface area contributed by atoms with Gasteiger partial charge in [0.2, 0.25) is 0 Å². The summed E-state index contributed by atoms with van der Waals surface area (Å²) in [6.07, 6.45) is 3.40. The van der Waals surface area contributed by atoms with Crippen molar-refractivity contribution in [1.29, 1.82) is 0 Å². The third-order valence-corrected chi connectivity index (χ3v) is 3.57. The maximum Gasteiger partial charge on any atom is 0.320 e. The number of aliphatic carboxylic acids is 1. The summed E-state index contributed by atoms with van der Waals surface area (Å²) in [6.45, 7) is 6.70. The van der Waals surface area contributed by atoms with E-state index < -0.39 is 12.0 Å². The average Bonchev–Trinajstić information content (AvgIpc) is 2.71. The predicted octanol–water partition coefficient (Wildman–Crippen LogP) is 2.29. The van der Waals surface area contributed by atoms with Crippen LogP contribution in [0.2, 0.25) is 0 Å². The molecule has 5 heteroatoms. The fourth-order valence-electron chi connectivity index (χ4n) is 1.56. The predicted molar refractivity (Wildman–Crippen MR) is 69.2 cm³/mol. The summed E-state index contributed by atoms with van der Waals surface area (Å²) in [5.41, 5.74) is 0. The molecule has 0 spiro atoms. The van der Waals surface area contributed by atoms with Gasteiger partial charge in [0.15, 0.2) is 0 Å². The lowest BCUT2D eigenvalue weighted by Gasteiger charge is -2.15. The Balaban J connectivity index is 2.48. The Hall–Kier alpha value is -0.940. The minimum atomic E-state index is -0.779. The second-order valence-corrected chi connectivity index (χ2v) is 5.67. The van der Waals surface area contributed by atoms with Gasteiger partial charge in [-0.15, -0.1) is 11.3 Å². The Bertz CT molecular complexity index is 363. The summed E-state index contributed by atoms with van der Waals surface area (Å²) in [5.74, 6) is -0.407. The highest BCUT2D eigenvalue weighted by molar-refractivity contribution is 7.11. The minimum absolute atomic E-state index is 0.372. The van der Waals surface area contributed by atoms with Gasteiger partial charge >= 0.3 is 5.97 Å². The number of nitrogens with zero attached hydrogens (tertiary/aromatic N) is 1. The Kier molecular flexibility index (Phi) is 5.58. The van der Waals surface area contributed by atoms with Crippen LogP contribution in [0.25, 0.3) is 0 Å². The van der Waals surface area contributed by atoms with Crippen molar-refractivity contribution < 1.29 is 9.90 Å². The third-order valence-electron chi connectivity index (χ3n) is 2.43. The van der Waals surface area contributed by atoms with E-state index >= 15 is 0 Å². The molecule has 2 N–H and O–H groups in total. The second kappa shape index (κ2) is 6.71. The summed E-state index contributed by atoms with van der Waals surface area (Å²) in [6, 6.07) is -0.470. The van der Waals surface area contributed by atoms with Crippen LogP contribution in [0.3, 0.4) is 0 Å². The fourth-order valence-corrected chi connectivity index (χ4v) is 2.37. The highest BCUT2D eigenvalue weighted by Gasteiger charge is 2.18. The second-order valence-electron chi connectivity index (χ2n) is 4.48. The molecule has 96 valence electrons. The van der Waals surface area contributed by atoms with Gasteiger partial charge in [-0.25, -0.2) is 4.98 Å². The van der Waals surface area contributed by atoms with Gasteiger partial charge in [0.1, 0.15) is 6.04 Å². The lowest BCUT2D eigenvalue weighted by molar-refractivity contribution is -0.140. The van der Waals surface area contributed by atoms with Crippen molar-refractivity contribution in [3.63, 3.8) is 0 Å². The number of rotatable bonds is 7. The van der Waals surface area contributed by atoms with Crippen molar-refractivity contribution in [1.82, 2.24) is 10.3 Å². The highest BCUT2D eigenvalue weighted by Crippen LogP contribution is 2.14. The molecule has 0 amide bonds. The van der Waals surface area contributed by atoms with Crippen LogP contribution in [0.5, 0.6) is 0 Å². The maximum atomic E-state index is 11.0. The van der Waals surface area contributed by atoms with Crippen LogP contribution in [-0.4, -0.2) is 22.1 Å². The van der Waals surface area contributed by atoms with E-state index in [-0.39, 0.29) is 0 Å². The van der Waals surface area contributed by atoms with Crippen molar-refractivity contribution in [2.75, 3.05) is 0 Å². The molecule has 0 aromatic carbocycles. The van der Waals surface area contributed by atoms with E-state index in [2.05, 4.69) is 17.2 Å². The van der Waals surface area contributed by atoms with Gasteiger partial charge in [-0.1, -0.05) is 20.8 Å². The van der Waals surface area contributed by atoms with Crippen LogP contribution >= 0.6 is 11.3 Å². The normalized spacial score (nSPS) is 12.9. The Morgan fingerprint density at radius 1 is 1.59 bits per heavy atom. The molecule has 0 fully saturated rings. The first kappa shape index (κ1) is 14.1. The average molecular weight is 256 g/mol. The summed E-state index contributed by atoms with van der Waals surface area (Å²) in [7, 11) is 0. The summed E-state index contributed by atoms with van der Waals surface area (Å²) >= 11 is 1.64. The molecule has 0 aliphatic carbocycles. The maximum absolute atomic E-state index is 11.0. The van der Waals surface area contributed by atoms with Crippen LogP contribution in [0.1, 0.15) is 37.1 Å². The SMILES string of the molecule is CCc1ncc(CNC(CC(C)C)C(=O)O)s1. The molecule has 0 aliphatic heterocycles. The molecule has 1 unspecified atom stereocenters. The molecule has 1 aromatic rings. The molecule has 1 rings (SSSR count). The summed E-state index contributed by atoms with van der Waals surface area (Å²) in [4.78, 5) is 16.4. The van der Waals surface area contributed by atoms with E-state index in [1.165, 1.54) is 0 Å². The number of thiazole rings is 1. The summed E-state index contributed by atoms with van der Waals surface area (Å²) < 4.78 is 0. The van der Waals surface area contributed by atoms with E-state index in [1.54, 1.807) is 11.3 Å². The van der Waals surface area contributed by atoms with E-state index in [9.17, 15) is 4.79 Å². The van der Waals surface area contributed by atoms with Crippen molar-refractivity contribution in [2.45, 2.75) is 46.2 Å². The van der Waals surface area contributed by atoms with Crippen LogP contribution in [-0.2, 0) is 17.8 Å². The molecule has 1 heterocycles. The molecule has 0 saturated carbocycles. The number of carboxylic acid groups (broad SMARTS) is 1. The highest BCUT2D eigenvalue weighted by atomic mass is 32.1. The zero-order chi connectivity index (χ0) is 12.8. The van der Waals surface area contributed by atoms with E-state index in [0.29, 0.717) is 18.9 Å². The van der Waals surface area contributed by atoms with Crippen LogP contribution in [0.4, 0.5) is 0 Å². The quantitative estimate of drug-likeness (QED) is 0.785. The molecule has 0 radical (unpaired) electrons. The monoisotopic (exact) mass is 256 g/mol. The number of aromatic nitrogens is 1. The number of carboxylic acids is 1. The first-order valence-corrected chi connectivity index (χ1v) is 6.74. The van der Waals surface area contributed by atoms with Crippen LogP contribution in [0, 0.1) is 5.92 Å². The third kappa shape index (κ3) is 4.83. The standard InChI is InChI=1S/C12H20N2O2S/c1-4-11-14-7-9(17-11)6-13-10(12(15)16)5-8(2)3/h7-8,10,13H,4-6H2,1-3H3,(H,15,16). The lowest BCUT2D eigenvalue weighted by Crippen LogP contribution is -2.37. The van der Waals surface area contributed by atoms with Gasteiger partial charge in [-0.05, 0) is 18.8 Å². The van der Waals surface area contributed by atoms with E-state index in [0.717, 1.165) is 16.3 Å². The van der Waals surface area contributed by atoms with Gasteiger partial charge in [-0.3, -0.25) is 10.1 Å². The van der Waals surface area contributed by atoms with Gasteiger partial charge in [0, 0.05) is 17.6 Å².